The molecule has 0 bridgehead atoms. The highest BCUT2D eigenvalue weighted by molar-refractivity contribution is 5.43. The molecule has 0 amide bonds. The SMILES string of the molecule is Cc1cccc(C)c1OCC(O)CN(C)Cc1ccc2c(c1)OCCO2. The molecule has 2 aromatic rings. The van der Waals surface area contributed by atoms with Crippen LogP contribution in [0.15, 0.2) is 36.4 Å². The molecule has 0 saturated heterocycles. The van der Waals surface area contributed by atoms with E-state index in [1.165, 1.54) is 0 Å². The molecule has 0 aromatic heterocycles. The van der Waals surface area contributed by atoms with E-state index in [1.807, 2.05) is 57.3 Å². The molecule has 1 unspecified atom stereocenters. The number of aryl methyl sites for hydroxylation is 2. The summed E-state index contributed by atoms with van der Waals surface area (Å²) in [7, 11) is 1.99. The minimum absolute atomic E-state index is 0.275. The van der Waals surface area contributed by atoms with Crippen molar-refractivity contribution in [3.63, 3.8) is 0 Å². The smallest absolute Gasteiger partial charge is 0.161 e. The number of hydrogen-bond donors (Lipinski definition) is 1. The Balaban J connectivity index is 1.50. The molecule has 2 aromatic carbocycles. The van der Waals surface area contributed by atoms with Gasteiger partial charge in [0, 0.05) is 13.1 Å². The van der Waals surface area contributed by atoms with E-state index in [0.29, 0.717) is 19.8 Å². The number of rotatable bonds is 7. The van der Waals surface area contributed by atoms with Crippen molar-refractivity contribution in [2.75, 3.05) is 33.4 Å². The van der Waals surface area contributed by atoms with Gasteiger partial charge < -0.3 is 19.3 Å². The third-order valence-electron chi connectivity index (χ3n) is 4.41. The summed E-state index contributed by atoms with van der Waals surface area (Å²) in [6.07, 6.45) is -0.559. The third-order valence-corrected chi connectivity index (χ3v) is 4.41. The Kier molecular flexibility index (Phi) is 6.01. The standard InChI is InChI=1S/C21H27NO4/c1-15-5-4-6-16(2)21(15)26-14-18(23)13-22(3)12-17-7-8-19-20(11-17)25-10-9-24-19/h4-8,11,18,23H,9-10,12-14H2,1-3H3. The highest BCUT2D eigenvalue weighted by Crippen LogP contribution is 2.31. The summed E-state index contributed by atoms with van der Waals surface area (Å²) in [5, 5.41) is 10.3. The van der Waals surface area contributed by atoms with Crippen LogP contribution in [-0.4, -0.2) is 49.5 Å². The lowest BCUT2D eigenvalue weighted by molar-refractivity contribution is 0.0738. The van der Waals surface area contributed by atoms with E-state index in [-0.39, 0.29) is 6.61 Å². The maximum absolute atomic E-state index is 10.3. The number of hydrogen-bond acceptors (Lipinski definition) is 5. The van der Waals surface area contributed by atoms with E-state index in [0.717, 1.165) is 40.5 Å². The van der Waals surface area contributed by atoms with E-state index >= 15 is 0 Å². The van der Waals surface area contributed by atoms with Gasteiger partial charge >= 0.3 is 0 Å². The van der Waals surface area contributed by atoms with Crippen LogP contribution in [0.4, 0.5) is 0 Å². The van der Waals surface area contributed by atoms with Crippen LogP contribution in [0.5, 0.6) is 17.2 Å². The van der Waals surface area contributed by atoms with Crippen LogP contribution in [0, 0.1) is 13.8 Å². The fourth-order valence-electron chi connectivity index (χ4n) is 3.18. The average molecular weight is 357 g/mol. The normalized spacial score (nSPS) is 14.3. The summed E-state index contributed by atoms with van der Waals surface area (Å²) in [4.78, 5) is 2.07. The molecule has 0 aliphatic carbocycles. The van der Waals surface area contributed by atoms with Crippen molar-refractivity contribution >= 4 is 0 Å². The first kappa shape index (κ1) is 18.5. The van der Waals surface area contributed by atoms with Crippen LogP contribution in [0.3, 0.4) is 0 Å². The highest BCUT2D eigenvalue weighted by atomic mass is 16.6. The van der Waals surface area contributed by atoms with Gasteiger partial charge in [0.25, 0.3) is 0 Å². The molecule has 3 rings (SSSR count). The Morgan fingerprint density at radius 2 is 1.77 bits per heavy atom. The molecular formula is C21H27NO4. The van der Waals surface area contributed by atoms with Crippen LogP contribution in [0.1, 0.15) is 16.7 Å². The first-order valence-electron chi connectivity index (χ1n) is 8.97. The quantitative estimate of drug-likeness (QED) is 0.826. The van der Waals surface area contributed by atoms with E-state index < -0.39 is 6.10 Å². The van der Waals surface area contributed by atoms with Crippen molar-refractivity contribution in [2.45, 2.75) is 26.5 Å². The summed E-state index contributed by atoms with van der Waals surface area (Å²) in [6, 6.07) is 12.0. The number of aliphatic hydroxyl groups excluding tert-OH is 1. The average Bonchev–Trinajstić information content (AvgIpc) is 2.61. The van der Waals surface area contributed by atoms with E-state index in [1.54, 1.807) is 0 Å². The molecular weight excluding hydrogens is 330 g/mol. The van der Waals surface area contributed by atoms with Crippen LogP contribution in [0.25, 0.3) is 0 Å². The van der Waals surface area contributed by atoms with Crippen LogP contribution >= 0.6 is 0 Å². The van der Waals surface area contributed by atoms with Gasteiger partial charge in [-0.3, -0.25) is 4.90 Å². The van der Waals surface area contributed by atoms with Gasteiger partial charge in [-0.15, -0.1) is 0 Å². The Morgan fingerprint density at radius 3 is 2.50 bits per heavy atom. The van der Waals surface area contributed by atoms with Gasteiger partial charge in [-0.05, 0) is 49.7 Å². The van der Waals surface area contributed by atoms with E-state index in [4.69, 9.17) is 14.2 Å². The second-order valence-corrected chi connectivity index (χ2v) is 6.86. The van der Waals surface area contributed by atoms with Gasteiger partial charge in [0.1, 0.15) is 31.7 Å². The number of fused-ring (bicyclic) bond motifs is 1. The lowest BCUT2D eigenvalue weighted by Gasteiger charge is -2.23. The molecule has 140 valence electrons. The van der Waals surface area contributed by atoms with Gasteiger partial charge in [0.15, 0.2) is 11.5 Å². The third kappa shape index (κ3) is 4.68. The number of benzene rings is 2. The van der Waals surface area contributed by atoms with Gasteiger partial charge in [0.2, 0.25) is 0 Å². The van der Waals surface area contributed by atoms with E-state index in [9.17, 15) is 5.11 Å². The van der Waals surface area contributed by atoms with Crippen molar-refractivity contribution in [1.82, 2.24) is 4.90 Å². The number of aliphatic hydroxyl groups is 1. The summed E-state index contributed by atoms with van der Waals surface area (Å²) < 4.78 is 17.0. The summed E-state index contributed by atoms with van der Waals surface area (Å²) in [5.41, 5.74) is 3.29. The van der Waals surface area contributed by atoms with Gasteiger partial charge in [-0.2, -0.15) is 0 Å². The number of ether oxygens (including phenoxy) is 3. The maximum Gasteiger partial charge on any atom is 0.161 e. The van der Waals surface area contributed by atoms with Crippen molar-refractivity contribution in [1.29, 1.82) is 0 Å². The van der Waals surface area contributed by atoms with Crippen LogP contribution in [-0.2, 0) is 6.54 Å². The Bertz CT molecular complexity index is 727. The van der Waals surface area contributed by atoms with Gasteiger partial charge in [0.05, 0.1) is 0 Å². The molecule has 0 spiro atoms. The van der Waals surface area contributed by atoms with E-state index in [2.05, 4.69) is 4.90 Å². The number of para-hydroxylation sites is 1. The number of likely N-dealkylation sites (N-methyl/N-ethyl adjacent to an activating group) is 1. The Hall–Kier alpha value is -2.24. The monoisotopic (exact) mass is 357 g/mol. The summed E-state index contributed by atoms with van der Waals surface area (Å²) >= 11 is 0. The largest absolute Gasteiger partial charge is 0.490 e. The maximum atomic E-state index is 10.3. The minimum Gasteiger partial charge on any atom is -0.490 e. The lowest BCUT2D eigenvalue weighted by atomic mass is 10.1. The molecule has 0 saturated carbocycles. The van der Waals surface area contributed by atoms with Crippen molar-refractivity contribution in [2.24, 2.45) is 0 Å². The predicted molar refractivity (Wildman–Crippen MR) is 101 cm³/mol. The van der Waals surface area contributed by atoms with Gasteiger partial charge in [-0.1, -0.05) is 24.3 Å². The summed E-state index contributed by atoms with van der Waals surface area (Å²) in [5.74, 6) is 2.45. The number of nitrogens with zero attached hydrogens (tertiary/aromatic N) is 1. The lowest BCUT2D eigenvalue weighted by Crippen LogP contribution is -2.33. The molecule has 1 aliphatic rings. The molecule has 1 atom stereocenters. The molecule has 5 nitrogen and oxygen atoms in total. The first-order chi connectivity index (χ1) is 12.5. The molecule has 0 radical (unpaired) electrons. The molecule has 1 N–H and O–H groups in total. The van der Waals surface area contributed by atoms with Crippen molar-refractivity contribution in [3.05, 3.63) is 53.1 Å². The second-order valence-electron chi connectivity index (χ2n) is 6.86. The first-order valence-corrected chi connectivity index (χ1v) is 8.97. The highest BCUT2D eigenvalue weighted by Gasteiger charge is 2.14. The molecule has 0 fully saturated rings. The zero-order valence-electron chi connectivity index (χ0n) is 15.7. The Labute approximate surface area is 155 Å². The zero-order chi connectivity index (χ0) is 18.5. The van der Waals surface area contributed by atoms with Crippen molar-refractivity contribution in [3.8, 4) is 17.2 Å². The van der Waals surface area contributed by atoms with Crippen LogP contribution in [0.2, 0.25) is 0 Å². The zero-order valence-corrected chi connectivity index (χ0v) is 15.7. The molecule has 1 aliphatic heterocycles. The molecule has 5 heteroatoms. The fourth-order valence-corrected chi connectivity index (χ4v) is 3.18. The fraction of sp³-hybridized carbons (Fsp3) is 0.429. The summed E-state index contributed by atoms with van der Waals surface area (Å²) in [6.45, 7) is 6.73. The van der Waals surface area contributed by atoms with Gasteiger partial charge in [-0.25, -0.2) is 0 Å². The topological polar surface area (TPSA) is 51.2 Å². The Morgan fingerprint density at radius 1 is 1.08 bits per heavy atom. The molecule has 26 heavy (non-hydrogen) atoms. The second kappa shape index (κ2) is 8.43. The predicted octanol–water partition coefficient (Wildman–Crippen LogP) is 2.95. The van der Waals surface area contributed by atoms with Crippen LogP contribution < -0.4 is 14.2 Å². The molecule has 1 heterocycles. The van der Waals surface area contributed by atoms with Crippen molar-refractivity contribution < 1.29 is 19.3 Å². The minimum atomic E-state index is -0.559.